The maximum Gasteiger partial charge on any atom is 0.416 e. The van der Waals surface area contributed by atoms with Gasteiger partial charge in [0.1, 0.15) is 6.04 Å². The van der Waals surface area contributed by atoms with Crippen LogP contribution in [0, 0.1) is 11.8 Å². The highest BCUT2D eigenvalue weighted by Crippen LogP contribution is 2.31. The van der Waals surface area contributed by atoms with Crippen molar-refractivity contribution in [3.05, 3.63) is 35.4 Å². The Morgan fingerprint density at radius 1 is 1.14 bits per heavy atom. The van der Waals surface area contributed by atoms with Crippen LogP contribution in [0.1, 0.15) is 56.5 Å². The first kappa shape index (κ1) is 28.4. The molecule has 3 rings (SSSR count). The lowest BCUT2D eigenvalue weighted by atomic mass is 9.91. The zero-order valence-electron chi connectivity index (χ0n) is 21.2. The third-order valence-corrected chi connectivity index (χ3v) is 9.29. The second kappa shape index (κ2) is 11.1. The maximum atomic E-state index is 13.3. The van der Waals surface area contributed by atoms with Crippen molar-refractivity contribution in [3.8, 4) is 0 Å². The monoisotopic (exact) mass is 531 g/mol. The Morgan fingerprint density at radius 2 is 1.83 bits per heavy atom. The second-order valence-electron chi connectivity index (χ2n) is 10.6. The summed E-state index contributed by atoms with van der Waals surface area (Å²) in [6.07, 6.45) is -3.63. The zero-order valence-corrected chi connectivity index (χ0v) is 22.0. The van der Waals surface area contributed by atoms with Gasteiger partial charge in [0.15, 0.2) is 9.84 Å². The van der Waals surface area contributed by atoms with E-state index in [4.69, 9.17) is 0 Å². The predicted octanol–water partition coefficient (Wildman–Crippen LogP) is 3.21. The predicted molar refractivity (Wildman–Crippen MR) is 131 cm³/mol. The van der Waals surface area contributed by atoms with Gasteiger partial charge < -0.3 is 15.1 Å². The van der Waals surface area contributed by atoms with E-state index in [1.807, 2.05) is 0 Å². The average molecular weight is 532 g/mol. The van der Waals surface area contributed by atoms with Gasteiger partial charge in [0.25, 0.3) is 5.91 Å². The van der Waals surface area contributed by atoms with Crippen LogP contribution in [0.3, 0.4) is 0 Å². The van der Waals surface area contributed by atoms with Crippen molar-refractivity contribution in [3.63, 3.8) is 0 Å². The third-order valence-electron chi connectivity index (χ3n) is 6.96. The number of carbonyl (C=O) groups excluding carboxylic acids is 2. The van der Waals surface area contributed by atoms with Crippen LogP contribution in [0.2, 0.25) is 0 Å². The standard InChI is InChI=1S/C25H36F3N3O4S/c1-16(2)13-30-10-9-22(19(14-30)15-36(34,35)17(3)4)31-11-8-21(24(31)33)29-23(32)18-6-5-7-20(12-18)25(26,27)28/h5-7,12,16-17,19,21-22H,8-11,13-15H2,1-4H3,(H,29,32)/t19-,21+,22+/m1/s1. The lowest BCUT2D eigenvalue weighted by Crippen LogP contribution is -2.55. The molecule has 0 unspecified atom stereocenters. The second-order valence-corrected chi connectivity index (χ2v) is 13.2. The smallest absolute Gasteiger partial charge is 0.340 e. The number of alkyl halides is 3. The van der Waals surface area contributed by atoms with Crippen molar-refractivity contribution in [1.82, 2.24) is 15.1 Å². The van der Waals surface area contributed by atoms with Crippen molar-refractivity contribution in [1.29, 1.82) is 0 Å². The van der Waals surface area contributed by atoms with Gasteiger partial charge >= 0.3 is 6.18 Å². The summed E-state index contributed by atoms with van der Waals surface area (Å²) in [7, 11) is -3.34. The fourth-order valence-electron chi connectivity index (χ4n) is 5.09. The molecule has 2 aliphatic heterocycles. The minimum atomic E-state index is -4.58. The molecule has 11 heteroatoms. The number of halogens is 3. The molecule has 1 N–H and O–H groups in total. The number of carbonyl (C=O) groups is 2. The topological polar surface area (TPSA) is 86.8 Å². The normalized spacial score (nSPS) is 24.1. The molecule has 0 spiro atoms. The Bertz CT molecular complexity index is 1060. The molecule has 0 bridgehead atoms. The number of amides is 2. The van der Waals surface area contributed by atoms with Crippen molar-refractivity contribution < 1.29 is 31.2 Å². The molecule has 0 aliphatic carbocycles. The molecule has 0 saturated carbocycles. The van der Waals surface area contributed by atoms with Crippen molar-refractivity contribution in [2.24, 2.45) is 11.8 Å². The summed E-state index contributed by atoms with van der Waals surface area (Å²) < 4.78 is 64.6. The Hall–Kier alpha value is -2.14. The highest BCUT2D eigenvalue weighted by molar-refractivity contribution is 7.91. The Morgan fingerprint density at radius 3 is 2.44 bits per heavy atom. The van der Waals surface area contributed by atoms with Gasteiger partial charge in [0.05, 0.1) is 16.6 Å². The fourth-order valence-corrected chi connectivity index (χ4v) is 6.40. The Labute approximate surface area is 211 Å². The average Bonchev–Trinajstić information content (AvgIpc) is 3.12. The molecule has 0 radical (unpaired) electrons. The first-order chi connectivity index (χ1) is 16.7. The van der Waals surface area contributed by atoms with Gasteiger partial charge in [0, 0.05) is 43.7 Å². The highest BCUT2D eigenvalue weighted by Gasteiger charge is 2.43. The minimum Gasteiger partial charge on any atom is -0.340 e. The molecule has 2 aliphatic rings. The van der Waals surface area contributed by atoms with Gasteiger partial charge in [-0.1, -0.05) is 19.9 Å². The lowest BCUT2D eigenvalue weighted by Gasteiger charge is -2.43. The van der Waals surface area contributed by atoms with Crippen molar-refractivity contribution in [2.45, 2.75) is 64.0 Å². The van der Waals surface area contributed by atoms with Gasteiger partial charge in [0.2, 0.25) is 5.91 Å². The number of nitrogens with one attached hydrogen (secondary N) is 1. The minimum absolute atomic E-state index is 0.0189. The van der Waals surface area contributed by atoms with Crippen LogP contribution >= 0.6 is 0 Å². The number of hydrogen-bond donors (Lipinski definition) is 1. The summed E-state index contributed by atoms with van der Waals surface area (Å²) in [4.78, 5) is 29.8. The molecule has 2 heterocycles. The van der Waals surface area contributed by atoms with E-state index in [-0.39, 0.29) is 29.2 Å². The molecular weight excluding hydrogens is 495 g/mol. The van der Waals surface area contributed by atoms with Crippen LogP contribution in [-0.2, 0) is 20.8 Å². The van der Waals surface area contributed by atoms with E-state index in [0.29, 0.717) is 31.8 Å². The van der Waals surface area contributed by atoms with E-state index in [1.54, 1.807) is 18.7 Å². The zero-order chi connectivity index (χ0) is 26.8. The molecule has 2 fully saturated rings. The van der Waals surface area contributed by atoms with E-state index < -0.39 is 38.8 Å². The van der Waals surface area contributed by atoms with Crippen molar-refractivity contribution in [2.75, 3.05) is 31.9 Å². The molecular formula is C25H36F3N3O4S. The molecule has 36 heavy (non-hydrogen) atoms. The summed E-state index contributed by atoms with van der Waals surface area (Å²) >= 11 is 0. The third kappa shape index (κ3) is 6.79. The fraction of sp³-hybridized carbons (Fsp3) is 0.680. The molecule has 1 aromatic carbocycles. The van der Waals surface area contributed by atoms with Crippen LogP contribution in [0.4, 0.5) is 13.2 Å². The molecule has 202 valence electrons. The number of likely N-dealkylation sites (tertiary alicyclic amines) is 2. The number of nitrogens with zero attached hydrogens (tertiary/aromatic N) is 2. The van der Waals surface area contributed by atoms with E-state index in [2.05, 4.69) is 24.1 Å². The van der Waals surface area contributed by atoms with E-state index in [9.17, 15) is 31.2 Å². The SMILES string of the molecule is CC(C)CN1CC[C@H](N2CC[C@H](NC(=O)c3cccc(C(F)(F)F)c3)C2=O)[C@@H](CS(=O)(=O)C(C)C)C1. The lowest BCUT2D eigenvalue weighted by molar-refractivity contribution is -0.137. The first-order valence-electron chi connectivity index (χ1n) is 12.4. The van der Waals surface area contributed by atoms with Gasteiger partial charge in [-0.15, -0.1) is 0 Å². The van der Waals surface area contributed by atoms with Crippen LogP contribution in [0.15, 0.2) is 24.3 Å². The molecule has 1 aromatic rings. The number of sulfone groups is 1. The maximum absolute atomic E-state index is 13.3. The molecule has 0 aromatic heterocycles. The Kier molecular flexibility index (Phi) is 8.75. The van der Waals surface area contributed by atoms with Gasteiger partial charge in [-0.3, -0.25) is 9.59 Å². The van der Waals surface area contributed by atoms with Crippen molar-refractivity contribution >= 4 is 21.7 Å². The molecule has 7 nitrogen and oxygen atoms in total. The summed E-state index contributed by atoms with van der Waals surface area (Å²) in [6, 6.07) is 2.96. The summed E-state index contributed by atoms with van der Waals surface area (Å²) in [5.74, 6) is -0.911. The summed E-state index contributed by atoms with van der Waals surface area (Å²) in [5, 5.41) is 2.06. The number of rotatable bonds is 8. The Balaban J connectivity index is 1.73. The first-order valence-corrected chi connectivity index (χ1v) is 14.1. The molecule has 2 amide bonds. The van der Waals surface area contributed by atoms with Gasteiger partial charge in [-0.25, -0.2) is 8.42 Å². The molecule has 2 saturated heterocycles. The van der Waals surface area contributed by atoms with E-state index >= 15 is 0 Å². The number of benzene rings is 1. The van der Waals surface area contributed by atoms with E-state index in [0.717, 1.165) is 31.3 Å². The van der Waals surface area contributed by atoms with Gasteiger partial charge in [-0.2, -0.15) is 13.2 Å². The number of hydrogen-bond acceptors (Lipinski definition) is 5. The summed E-state index contributed by atoms with van der Waals surface area (Å²) in [6.45, 7) is 10.0. The quantitative estimate of drug-likeness (QED) is 0.557. The van der Waals surface area contributed by atoms with Crippen LogP contribution in [0.25, 0.3) is 0 Å². The van der Waals surface area contributed by atoms with E-state index in [1.165, 1.54) is 6.07 Å². The van der Waals surface area contributed by atoms with Gasteiger partial charge in [-0.05, 0) is 50.8 Å². The van der Waals surface area contributed by atoms with Crippen LogP contribution in [-0.4, -0.2) is 79.3 Å². The van der Waals surface area contributed by atoms with Crippen LogP contribution in [0.5, 0.6) is 0 Å². The van der Waals surface area contributed by atoms with Crippen LogP contribution < -0.4 is 5.32 Å². The largest absolute Gasteiger partial charge is 0.416 e. The molecule has 3 atom stereocenters. The number of piperidine rings is 1. The summed E-state index contributed by atoms with van der Waals surface area (Å²) in [5.41, 5.74) is -1.10. The highest BCUT2D eigenvalue weighted by atomic mass is 32.2.